The fourth-order valence-electron chi connectivity index (χ4n) is 3.49. The highest BCUT2D eigenvalue weighted by molar-refractivity contribution is 7.85. The van der Waals surface area contributed by atoms with Crippen molar-refractivity contribution in [2.45, 2.75) is 120 Å². The molecule has 5 heteroatoms. The van der Waals surface area contributed by atoms with Gasteiger partial charge >= 0.3 is 5.97 Å². The van der Waals surface area contributed by atoms with Crippen molar-refractivity contribution in [1.82, 2.24) is 0 Å². The van der Waals surface area contributed by atoms with Gasteiger partial charge in [0.25, 0.3) is 0 Å². The average Bonchev–Trinajstić information content (AvgIpc) is 2.65. The number of carboxylic acid groups (broad SMARTS) is 1. The third-order valence-corrected chi connectivity index (χ3v) is 6.96. The smallest absolute Gasteiger partial charge is 0.307 e. The number of carboxylic acids is 1. The van der Waals surface area contributed by atoms with E-state index in [0.717, 1.165) is 19.3 Å². The van der Waals surface area contributed by atoms with Crippen molar-refractivity contribution in [3.8, 4) is 0 Å². The predicted octanol–water partition coefficient (Wildman–Crippen LogP) is 6.50. The Morgan fingerprint density at radius 2 is 1.11 bits per heavy atom. The Balaban J connectivity index is 3.46. The zero-order valence-corrected chi connectivity index (χ0v) is 19.4. The molecule has 0 fully saturated rings. The zero-order valence-electron chi connectivity index (χ0n) is 17.6. The van der Waals surface area contributed by atoms with Gasteiger partial charge in [-0.05, 0) is 19.3 Å². The van der Waals surface area contributed by atoms with Crippen molar-refractivity contribution in [3.05, 3.63) is 0 Å². The lowest BCUT2D eigenvalue weighted by molar-refractivity contribution is -0.141. The number of unbranched alkanes of at least 4 members (excludes halogenated alkanes) is 11. The molecule has 0 aliphatic heterocycles. The van der Waals surface area contributed by atoms with Crippen molar-refractivity contribution >= 4 is 31.2 Å². The first kappa shape index (κ1) is 27.1. The van der Waals surface area contributed by atoms with Crippen LogP contribution in [0.25, 0.3) is 0 Å². The van der Waals surface area contributed by atoms with Crippen molar-refractivity contribution < 1.29 is 9.90 Å². The molecule has 0 aliphatic carbocycles. The third kappa shape index (κ3) is 16.8. The number of nitrogens with two attached hydrogens (primary N) is 1. The number of carbonyl (C=O) groups is 1. The van der Waals surface area contributed by atoms with Crippen LogP contribution in [0.2, 0.25) is 0 Å². The molecule has 3 unspecified atom stereocenters. The highest BCUT2D eigenvalue weighted by Crippen LogP contribution is 2.22. The molecule has 0 bridgehead atoms. The van der Waals surface area contributed by atoms with E-state index in [1.54, 1.807) is 0 Å². The molecule has 3 atom stereocenters. The lowest BCUT2D eigenvalue weighted by Crippen LogP contribution is -2.23. The van der Waals surface area contributed by atoms with Crippen LogP contribution in [0.3, 0.4) is 0 Å². The van der Waals surface area contributed by atoms with Crippen molar-refractivity contribution in [3.63, 3.8) is 0 Å². The number of hydrogen-bond acceptors (Lipinski definition) is 4. The largest absolute Gasteiger partial charge is 0.481 e. The molecule has 0 spiro atoms. The SMILES string of the molecule is CCCCCCCCCC(S)C(S)CCCCCCCCC(CN)C(=O)O. The molecule has 0 aromatic carbocycles. The molecule has 3 N–H and O–H groups in total. The average molecular weight is 420 g/mol. The van der Waals surface area contributed by atoms with Gasteiger partial charge in [0.05, 0.1) is 5.92 Å². The molecular weight excluding hydrogens is 374 g/mol. The van der Waals surface area contributed by atoms with Gasteiger partial charge in [0, 0.05) is 17.0 Å². The predicted molar refractivity (Wildman–Crippen MR) is 125 cm³/mol. The summed E-state index contributed by atoms with van der Waals surface area (Å²) in [5, 5.41) is 9.80. The molecule has 0 radical (unpaired) electrons. The van der Waals surface area contributed by atoms with Crippen molar-refractivity contribution in [1.29, 1.82) is 0 Å². The summed E-state index contributed by atoms with van der Waals surface area (Å²) in [5.74, 6) is -1.12. The highest BCUT2D eigenvalue weighted by Gasteiger charge is 2.14. The summed E-state index contributed by atoms with van der Waals surface area (Å²) in [4.78, 5) is 10.9. The lowest BCUT2D eigenvalue weighted by Gasteiger charge is -2.18. The Labute approximate surface area is 179 Å². The monoisotopic (exact) mass is 419 g/mol. The summed E-state index contributed by atoms with van der Waals surface area (Å²) >= 11 is 9.53. The molecule has 3 nitrogen and oxygen atoms in total. The Bertz CT molecular complexity index is 342. The van der Waals surface area contributed by atoms with E-state index in [0.29, 0.717) is 16.9 Å². The van der Waals surface area contributed by atoms with Crippen LogP contribution >= 0.6 is 25.3 Å². The summed E-state index contributed by atoms with van der Waals surface area (Å²) < 4.78 is 0. The second-order valence-corrected chi connectivity index (χ2v) is 9.34. The quantitative estimate of drug-likeness (QED) is 0.134. The molecule has 0 saturated carbocycles. The van der Waals surface area contributed by atoms with Crippen LogP contribution in [-0.2, 0) is 4.79 Å². The van der Waals surface area contributed by atoms with Crippen LogP contribution in [0.4, 0.5) is 0 Å². The van der Waals surface area contributed by atoms with Gasteiger partial charge in [0.1, 0.15) is 0 Å². The van der Waals surface area contributed by atoms with Crippen LogP contribution in [-0.4, -0.2) is 28.1 Å². The van der Waals surface area contributed by atoms with E-state index in [1.165, 1.54) is 77.0 Å². The molecule has 0 heterocycles. The van der Waals surface area contributed by atoms with Gasteiger partial charge in [0.15, 0.2) is 0 Å². The molecule has 0 amide bonds. The van der Waals surface area contributed by atoms with Gasteiger partial charge in [-0.15, -0.1) is 0 Å². The maximum atomic E-state index is 10.9. The first-order valence-electron chi connectivity index (χ1n) is 11.3. The maximum absolute atomic E-state index is 10.9. The highest BCUT2D eigenvalue weighted by atomic mass is 32.1. The van der Waals surface area contributed by atoms with E-state index in [9.17, 15) is 4.79 Å². The topological polar surface area (TPSA) is 63.3 Å². The van der Waals surface area contributed by atoms with Gasteiger partial charge in [-0.3, -0.25) is 4.79 Å². The van der Waals surface area contributed by atoms with E-state index in [2.05, 4.69) is 6.92 Å². The Morgan fingerprint density at radius 1 is 0.741 bits per heavy atom. The first-order chi connectivity index (χ1) is 13.0. The normalized spacial score (nSPS) is 14.8. The van der Waals surface area contributed by atoms with E-state index in [1.807, 2.05) is 0 Å². The molecule has 0 aromatic rings. The van der Waals surface area contributed by atoms with E-state index in [-0.39, 0.29) is 12.5 Å². The second kappa shape index (κ2) is 19.4. The van der Waals surface area contributed by atoms with E-state index >= 15 is 0 Å². The summed E-state index contributed by atoms with van der Waals surface area (Å²) in [5.41, 5.74) is 5.48. The van der Waals surface area contributed by atoms with Crippen LogP contribution in [0.15, 0.2) is 0 Å². The van der Waals surface area contributed by atoms with Crippen molar-refractivity contribution in [2.24, 2.45) is 11.7 Å². The Morgan fingerprint density at radius 3 is 1.48 bits per heavy atom. The summed E-state index contributed by atoms with van der Waals surface area (Å²) in [6, 6.07) is 0. The molecule has 0 rings (SSSR count). The molecule has 27 heavy (non-hydrogen) atoms. The Kier molecular flexibility index (Phi) is 19.5. The van der Waals surface area contributed by atoms with Crippen LogP contribution in [0, 0.1) is 5.92 Å². The number of hydrogen-bond donors (Lipinski definition) is 4. The number of rotatable bonds is 20. The van der Waals surface area contributed by atoms with E-state index < -0.39 is 5.97 Å². The van der Waals surface area contributed by atoms with Crippen LogP contribution in [0.1, 0.15) is 110 Å². The molecular formula is C22H45NO2S2. The molecule has 0 aromatic heterocycles. The zero-order chi connectivity index (χ0) is 20.3. The van der Waals surface area contributed by atoms with Gasteiger partial charge in [-0.2, -0.15) is 25.3 Å². The maximum Gasteiger partial charge on any atom is 0.307 e. The Hall–Kier alpha value is 0.130. The molecule has 162 valence electrons. The summed E-state index contributed by atoms with van der Waals surface area (Å²) in [6.07, 6.45) is 19.5. The fraction of sp³-hybridized carbons (Fsp3) is 0.955. The minimum absolute atomic E-state index is 0.252. The molecule has 0 aliphatic rings. The number of aliphatic carboxylic acids is 1. The van der Waals surface area contributed by atoms with Crippen LogP contribution < -0.4 is 5.73 Å². The van der Waals surface area contributed by atoms with Crippen LogP contribution in [0.5, 0.6) is 0 Å². The fourth-order valence-corrected chi connectivity index (χ4v) is 4.15. The summed E-state index contributed by atoms with van der Waals surface area (Å²) in [7, 11) is 0. The second-order valence-electron chi connectivity index (χ2n) is 8.01. The van der Waals surface area contributed by atoms with Gasteiger partial charge in [-0.1, -0.05) is 90.4 Å². The van der Waals surface area contributed by atoms with Crippen molar-refractivity contribution in [2.75, 3.05) is 6.54 Å². The summed E-state index contributed by atoms with van der Waals surface area (Å²) in [6.45, 7) is 2.51. The first-order valence-corrected chi connectivity index (χ1v) is 12.3. The standard InChI is InChI=1S/C22H45NO2S2/c1-2-3-4-5-6-10-13-16-20(26)21(27)17-14-11-8-7-9-12-15-19(18-23)22(24)25/h19-21,26-27H,2-18,23H2,1H3,(H,24,25). The third-order valence-electron chi connectivity index (χ3n) is 5.48. The van der Waals surface area contributed by atoms with Gasteiger partial charge in [0.2, 0.25) is 0 Å². The minimum Gasteiger partial charge on any atom is -0.481 e. The minimum atomic E-state index is -0.755. The van der Waals surface area contributed by atoms with Gasteiger partial charge < -0.3 is 10.8 Å². The van der Waals surface area contributed by atoms with E-state index in [4.69, 9.17) is 36.1 Å². The molecule has 0 saturated heterocycles. The lowest BCUT2D eigenvalue weighted by atomic mass is 9.99. The van der Waals surface area contributed by atoms with Gasteiger partial charge in [-0.25, -0.2) is 0 Å². The number of thiol groups is 2.